The first-order chi connectivity index (χ1) is 15.5. The van der Waals surface area contributed by atoms with E-state index in [4.69, 9.17) is 21.1 Å². The van der Waals surface area contributed by atoms with Gasteiger partial charge in [-0.2, -0.15) is 0 Å². The number of carbonyl (C=O) groups is 2. The molecule has 0 aliphatic heterocycles. The molecule has 0 spiro atoms. The molecule has 0 aliphatic carbocycles. The summed E-state index contributed by atoms with van der Waals surface area (Å²) in [4.78, 5) is 33.3. The molecule has 0 saturated carbocycles. The maximum Gasteiger partial charge on any atom is 0.341 e. The van der Waals surface area contributed by atoms with E-state index in [9.17, 15) is 9.59 Å². The van der Waals surface area contributed by atoms with Crippen LogP contribution < -0.4 is 0 Å². The number of esters is 2. The Balaban J connectivity index is 1.48. The Bertz CT molecular complexity index is 1340. The van der Waals surface area contributed by atoms with Crippen LogP contribution in [0.4, 0.5) is 0 Å². The van der Waals surface area contributed by atoms with Crippen molar-refractivity contribution < 1.29 is 19.1 Å². The summed E-state index contributed by atoms with van der Waals surface area (Å²) in [7, 11) is 0. The van der Waals surface area contributed by atoms with Gasteiger partial charge in [-0.1, -0.05) is 35.9 Å². The minimum atomic E-state index is -0.517. The van der Waals surface area contributed by atoms with Gasteiger partial charge >= 0.3 is 11.9 Å². The molecule has 0 fully saturated rings. The van der Waals surface area contributed by atoms with Crippen LogP contribution in [0.1, 0.15) is 38.8 Å². The van der Waals surface area contributed by atoms with Crippen LogP contribution in [0.15, 0.2) is 54.9 Å². The van der Waals surface area contributed by atoms with Gasteiger partial charge in [-0.15, -0.1) is 0 Å². The average Bonchev–Trinajstić information content (AvgIpc) is 2.80. The largest absolute Gasteiger partial charge is 0.462 e. The Labute approximate surface area is 190 Å². The number of ether oxygens (including phenoxy) is 2. The van der Waals surface area contributed by atoms with Crippen molar-refractivity contribution in [2.75, 3.05) is 13.2 Å². The van der Waals surface area contributed by atoms with Crippen molar-refractivity contribution in [2.45, 2.75) is 20.3 Å². The average molecular weight is 449 g/mol. The van der Waals surface area contributed by atoms with Crippen molar-refractivity contribution in [2.24, 2.45) is 0 Å². The fraction of sp³-hybridized carbons (Fsp3) is 0.200. The van der Waals surface area contributed by atoms with Crippen molar-refractivity contribution in [3.05, 3.63) is 82.1 Å². The van der Waals surface area contributed by atoms with Gasteiger partial charge in [0.05, 0.1) is 40.4 Å². The van der Waals surface area contributed by atoms with Crippen LogP contribution in [-0.2, 0) is 15.9 Å². The van der Waals surface area contributed by atoms with Crippen molar-refractivity contribution >= 4 is 45.3 Å². The van der Waals surface area contributed by atoms with Crippen molar-refractivity contribution in [1.82, 2.24) is 9.97 Å². The molecule has 0 bridgehead atoms. The molecule has 0 amide bonds. The van der Waals surface area contributed by atoms with Gasteiger partial charge < -0.3 is 9.47 Å². The normalized spacial score (nSPS) is 11.0. The number of pyridine rings is 2. The number of nitrogens with zero attached hydrogens (tertiary/aromatic N) is 2. The van der Waals surface area contributed by atoms with E-state index in [1.165, 1.54) is 6.20 Å². The number of hydrogen-bond acceptors (Lipinski definition) is 6. The summed E-state index contributed by atoms with van der Waals surface area (Å²) in [5, 5.41) is 1.90. The topological polar surface area (TPSA) is 78.4 Å². The zero-order chi connectivity index (χ0) is 22.7. The van der Waals surface area contributed by atoms with E-state index < -0.39 is 5.97 Å². The Morgan fingerprint density at radius 2 is 1.59 bits per heavy atom. The van der Waals surface area contributed by atoms with Crippen LogP contribution in [0, 0.1) is 6.92 Å². The molecule has 2 heterocycles. The molecular formula is C25H21ClN2O4. The standard InChI is InChI=1S/C25H21ClN2O4/c1-3-31-24(29)19-13-27-22-9-8-16(12-18(22)15(19)2)10-11-32-25(30)20-14-28-21-7-5-4-6-17(21)23(20)26/h4-9,12-14H,3,10-11H2,1-2H3. The van der Waals surface area contributed by atoms with Crippen LogP contribution in [0.2, 0.25) is 5.02 Å². The van der Waals surface area contributed by atoms with Crippen LogP contribution >= 0.6 is 11.6 Å². The van der Waals surface area contributed by atoms with E-state index in [1.54, 1.807) is 13.1 Å². The van der Waals surface area contributed by atoms with Gasteiger partial charge in [0.15, 0.2) is 0 Å². The smallest absolute Gasteiger partial charge is 0.341 e. The number of para-hydroxylation sites is 1. The first-order valence-corrected chi connectivity index (χ1v) is 10.6. The van der Waals surface area contributed by atoms with E-state index in [1.807, 2.05) is 49.4 Å². The molecule has 0 N–H and O–H groups in total. The predicted molar refractivity (Wildman–Crippen MR) is 123 cm³/mol. The van der Waals surface area contributed by atoms with E-state index in [0.29, 0.717) is 29.0 Å². The van der Waals surface area contributed by atoms with Gasteiger partial charge in [-0.05, 0) is 43.2 Å². The van der Waals surface area contributed by atoms with Crippen molar-refractivity contribution in [3.63, 3.8) is 0 Å². The molecule has 4 aromatic rings. The number of rotatable bonds is 6. The zero-order valence-electron chi connectivity index (χ0n) is 17.7. The van der Waals surface area contributed by atoms with E-state index in [0.717, 1.165) is 27.5 Å². The summed E-state index contributed by atoms with van der Waals surface area (Å²) in [6, 6.07) is 13.1. The Hall–Kier alpha value is -3.51. The third-order valence-corrected chi connectivity index (χ3v) is 5.66. The summed E-state index contributed by atoms with van der Waals surface area (Å²) >= 11 is 6.39. The highest BCUT2D eigenvalue weighted by Crippen LogP contribution is 2.26. The molecule has 0 atom stereocenters. The SMILES string of the molecule is CCOC(=O)c1cnc2ccc(CCOC(=O)c3cnc4ccccc4c3Cl)cc2c1C. The Kier molecular flexibility index (Phi) is 6.32. The minimum absolute atomic E-state index is 0.178. The number of fused-ring (bicyclic) bond motifs is 2. The molecule has 32 heavy (non-hydrogen) atoms. The van der Waals surface area contributed by atoms with Gasteiger partial charge in [-0.3, -0.25) is 9.97 Å². The number of aryl methyl sites for hydroxylation is 1. The lowest BCUT2D eigenvalue weighted by Crippen LogP contribution is -2.10. The van der Waals surface area contributed by atoms with Crippen molar-refractivity contribution in [1.29, 1.82) is 0 Å². The molecule has 6 nitrogen and oxygen atoms in total. The molecular weight excluding hydrogens is 428 g/mol. The highest BCUT2D eigenvalue weighted by Gasteiger charge is 2.16. The van der Waals surface area contributed by atoms with Gasteiger partial charge in [-0.25, -0.2) is 9.59 Å². The quantitative estimate of drug-likeness (QED) is 0.371. The minimum Gasteiger partial charge on any atom is -0.462 e. The third kappa shape index (κ3) is 4.27. The second kappa shape index (κ2) is 9.32. The fourth-order valence-electron chi connectivity index (χ4n) is 3.53. The molecule has 2 aromatic heterocycles. The lowest BCUT2D eigenvalue weighted by molar-refractivity contribution is 0.0504. The Morgan fingerprint density at radius 3 is 2.38 bits per heavy atom. The summed E-state index contributed by atoms with van der Waals surface area (Å²) < 4.78 is 10.6. The highest BCUT2D eigenvalue weighted by molar-refractivity contribution is 6.38. The number of aromatic nitrogens is 2. The first kappa shape index (κ1) is 21.7. The lowest BCUT2D eigenvalue weighted by atomic mass is 10.0. The molecule has 7 heteroatoms. The molecule has 0 aliphatic rings. The molecule has 2 aromatic carbocycles. The summed E-state index contributed by atoms with van der Waals surface area (Å²) in [5.41, 5.74) is 3.95. The molecule has 162 valence electrons. The van der Waals surface area contributed by atoms with Crippen LogP contribution in [0.5, 0.6) is 0 Å². The number of halogens is 1. The molecule has 4 rings (SSSR count). The summed E-state index contributed by atoms with van der Waals surface area (Å²) in [6.07, 6.45) is 3.48. The third-order valence-electron chi connectivity index (χ3n) is 5.25. The van der Waals surface area contributed by atoms with Gasteiger partial charge in [0, 0.05) is 29.6 Å². The number of benzene rings is 2. The number of carbonyl (C=O) groups excluding carboxylic acids is 2. The Morgan fingerprint density at radius 1 is 0.906 bits per heavy atom. The lowest BCUT2D eigenvalue weighted by Gasteiger charge is -2.10. The van der Waals surface area contributed by atoms with Crippen LogP contribution in [-0.4, -0.2) is 35.1 Å². The predicted octanol–water partition coefficient (Wildman–Crippen LogP) is 5.32. The van der Waals surface area contributed by atoms with E-state index in [-0.39, 0.29) is 18.1 Å². The second-order valence-corrected chi connectivity index (χ2v) is 7.64. The molecule has 0 radical (unpaired) electrons. The number of hydrogen-bond donors (Lipinski definition) is 0. The summed E-state index contributed by atoms with van der Waals surface area (Å²) in [5.74, 6) is -0.906. The maximum atomic E-state index is 12.5. The van der Waals surface area contributed by atoms with Crippen LogP contribution in [0.3, 0.4) is 0 Å². The van der Waals surface area contributed by atoms with Crippen LogP contribution in [0.25, 0.3) is 21.8 Å². The highest BCUT2D eigenvalue weighted by atomic mass is 35.5. The monoisotopic (exact) mass is 448 g/mol. The van der Waals surface area contributed by atoms with E-state index >= 15 is 0 Å². The first-order valence-electron chi connectivity index (χ1n) is 10.2. The maximum absolute atomic E-state index is 12.5. The van der Waals surface area contributed by atoms with Gasteiger partial charge in [0.2, 0.25) is 0 Å². The molecule has 0 unspecified atom stereocenters. The van der Waals surface area contributed by atoms with Crippen molar-refractivity contribution in [3.8, 4) is 0 Å². The van der Waals surface area contributed by atoms with E-state index in [2.05, 4.69) is 9.97 Å². The second-order valence-electron chi connectivity index (χ2n) is 7.26. The summed E-state index contributed by atoms with van der Waals surface area (Å²) in [6.45, 7) is 4.12. The zero-order valence-corrected chi connectivity index (χ0v) is 18.5. The fourth-order valence-corrected chi connectivity index (χ4v) is 3.82. The van der Waals surface area contributed by atoms with Gasteiger partial charge in [0.25, 0.3) is 0 Å². The molecule has 0 saturated heterocycles. The van der Waals surface area contributed by atoms with Gasteiger partial charge in [0.1, 0.15) is 0 Å².